The predicted octanol–water partition coefficient (Wildman–Crippen LogP) is 3.58. The number of hydrogen-bond acceptors (Lipinski definition) is 3. The Morgan fingerprint density at radius 2 is 2.28 bits per heavy atom. The molecule has 0 bridgehead atoms. The van der Waals surface area contributed by atoms with Crippen molar-refractivity contribution in [3.8, 4) is 0 Å². The van der Waals surface area contributed by atoms with E-state index in [1.807, 2.05) is 25.1 Å². The summed E-state index contributed by atoms with van der Waals surface area (Å²) < 4.78 is 10.3. The van der Waals surface area contributed by atoms with Crippen LogP contribution in [0.2, 0.25) is 0 Å². The number of hydrogen-bond donors (Lipinski definition) is 0. The highest BCUT2D eigenvalue weighted by Gasteiger charge is 2.11. The molecule has 0 aliphatic carbocycles. The summed E-state index contributed by atoms with van der Waals surface area (Å²) in [5.41, 5.74) is 2.71. The van der Waals surface area contributed by atoms with Crippen LogP contribution in [0.5, 0.6) is 0 Å². The number of carbonyl (C=O) groups excluding carboxylic acids is 1. The van der Waals surface area contributed by atoms with Crippen LogP contribution in [0.3, 0.4) is 0 Å². The molecule has 0 spiro atoms. The summed E-state index contributed by atoms with van der Waals surface area (Å²) in [6.45, 7) is 5.48. The molecule has 0 unspecified atom stereocenters. The van der Waals surface area contributed by atoms with Crippen molar-refractivity contribution in [3.05, 3.63) is 47.2 Å². The van der Waals surface area contributed by atoms with Crippen LogP contribution in [0.25, 0.3) is 11.0 Å². The number of carbonyl (C=O) groups is 1. The molecule has 0 atom stereocenters. The summed E-state index contributed by atoms with van der Waals surface area (Å²) in [6.07, 6.45) is 1.75. The molecule has 94 valence electrons. The predicted molar refractivity (Wildman–Crippen MR) is 70.6 cm³/mol. The van der Waals surface area contributed by atoms with Crippen molar-refractivity contribution in [2.75, 3.05) is 6.61 Å². The van der Waals surface area contributed by atoms with Gasteiger partial charge in [-0.3, -0.25) is 4.79 Å². The number of rotatable bonds is 4. The fourth-order valence-corrected chi connectivity index (χ4v) is 1.75. The van der Waals surface area contributed by atoms with Gasteiger partial charge in [-0.25, -0.2) is 0 Å². The van der Waals surface area contributed by atoms with Gasteiger partial charge in [0.25, 0.3) is 0 Å². The van der Waals surface area contributed by atoms with Crippen LogP contribution >= 0.6 is 11.6 Å². The Morgan fingerprint density at radius 3 is 3.00 bits per heavy atom. The summed E-state index contributed by atoms with van der Waals surface area (Å²) >= 11 is 5.53. The average molecular weight is 265 g/mol. The van der Waals surface area contributed by atoms with Crippen LogP contribution in [0, 0.1) is 6.92 Å². The molecule has 0 saturated heterocycles. The molecule has 1 heterocycles. The highest BCUT2D eigenvalue weighted by molar-refractivity contribution is 6.29. The van der Waals surface area contributed by atoms with E-state index in [4.69, 9.17) is 20.8 Å². The minimum Gasteiger partial charge on any atom is -0.464 e. The minimum absolute atomic E-state index is 0.0370. The summed E-state index contributed by atoms with van der Waals surface area (Å²) in [5.74, 6) is -0.347. The van der Waals surface area contributed by atoms with Gasteiger partial charge in [0.2, 0.25) is 0 Å². The zero-order valence-corrected chi connectivity index (χ0v) is 10.8. The molecule has 0 N–H and O–H groups in total. The molecule has 0 radical (unpaired) electrons. The number of esters is 1. The SMILES string of the molecule is C=C(Cl)COC(=O)Cc1coc2cc(C)ccc12. The third kappa shape index (κ3) is 2.93. The summed E-state index contributed by atoms with van der Waals surface area (Å²) in [7, 11) is 0. The first kappa shape index (κ1) is 12.7. The Morgan fingerprint density at radius 1 is 1.50 bits per heavy atom. The van der Waals surface area contributed by atoms with E-state index in [1.54, 1.807) is 6.26 Å². The first-order valence-electron chi connectivity index (χ1n) is 5.52. The Bertz CT molecular complexity index is 598. The molecule has 2 aromatic rings. The second kappa shape index (κ2) is 5.27. The van der Waals surface area contributed by atoms with Crippen LogP contribution in [0.4, 0.5) is 0 Å². The Labute approximate surface area is 110 Å². The molecule has 4 heteroatoms. The second-order valence-corrected chi connectivity index (χ2v) is 4.65. The molecule has 0 aliphatic rings. The number of halogens is 1. The molecule has 1 aromatic carbocycles. The summed E-state index contributed by atoms with van der Waals surface area (Å²) in [5, 5.41) is 1.23. The Balaban J connectivity index is 2.12. The zero-order chi connectivity index (χ0) is 13.1. The van der Waals surface area contributed by atoms with Crippen molar-refractivity contribution in [3.63, 3.8) is 0 Å². The van der Waals surface area contributed by atoms with Crippen LogP contribution < -0.4 is 0 Å². The molecule has 0 amide bonds. The minimum atomic E-state index is -0.347. The number of benzene rings is 1. The molecule has 1 aromatic heterocycles. The van der Waals surface area contributed by atoms with Gasteiger partial charge in [0, 0.05) is 16.0 Å². The van der Waals surface area contributed by atoms with Gasteiger partial charge in [-0.2, -0.15) is 0 Å². The van der Waals surface area contributed by atoms with E-state index >= 15 is 0 Å². The van der Waals surface area contributed by atoms with Crippen molar-refractivity contribution in [1.29, 1.82) is 0 Å². The van der Waals surface area contributed by atoms with Crippen molar-refractivity contribution in [2.45, 2.75) is 13.3 Å². The highest BCUT2D eigenvalue weighted by Crippen LogP contribution is 2.22. The van der Waals surface area contributed by atoms with Gasteiger partial charge in [-0.05, 0) is 18.6 Å². The number of ether oxygens (including phenoxy) is 1. The van der Waals surface area contributed by atoms with Crippen LogP contribution in [-0.2, 0) is 16.0 Å². The van der Waals surface area contributed by atoms with Crippen molar-refractivity contribution in [2.24, 2.45) is 0 Å². The molecule has 3 nitrogen and oxygen atoms in total. The smallest absolute Gasteiger partial charge is 0.310 e. The van der Waals surface area contributed by atoms with E-state index in [1.165, 1.54) is 0 Å². The van der Waals surface area contributed by atoms with Gasteiger partial charge in [0.15, 0.2) is 0 Å². The number of aryl methyl sites for hydroxylation is 1. The summed E-state index contributed by atoms with van der Waals surface area (Å²) in [6, 6.07) is 5.86. The number of fused-ring (bicyclic) bond motifs is 1. The Hall–Kier alpha value is -1.74. The molecule has 0 fully saturated rings. The van der Waals surface area contributed by atoms with Crippen LogP contribution in [0.1, 0.15) is 11.1 Å². The molecule has 18 heavy (non-hydrogen) atoms. The second-order valence-electron chi connectivity index (χ2n) is 4.12. The lowest BCUT2D eigenvalue weighted by Gasteiger charge is -2.02. The Kier molecular flexibility index (Phi) is 3.72. The fourth-order valence-electron chi connectivity index (χ4n) is 1.69. The zero-order valence-electron chi connectivity index (χ0n) is 10.0. The first-order valence-corrected chi connectivity index (χ1v) is 5.89. The van der Waals surface area contributed by atoms with E-state index in [0.717, 1.165) is 22.1 Å². The van der Waals surface area contributed by atoms with Crippen molar-refractivity contribution >= 4 is 28.5 Å². The summed E-state index contributed by atoms with van der Waals surface area (Å²) in [4.78, 5) is 11.6. The molecule has 0 aliphatic heterocycles. The third-order valence-corrected chi connectivity index (χ3v) is 2.64. The lowest BCUT2D eigenvalue weighted by molar-refractivity contribution is -0.141. The molecular weight excluding hydrogens is 252 g/mol. The fraction of sp³-hybridized carbons (Fsp3) is 0.214. The van der Waals surface area contributed by atoms with E-state index in [0.29, 0.717) is 5.03 Å². The number of furan rings is 1. The van der Waals surface area contributed by atoms with E-state index in [2.05, 4.69) is 6.58 Å². The van der Waals surface area contributed by atoms with Gasteiger partial charge in [0.1, 0.15) is 12.2 Å². The molecule has 2 rings (SSSR count). The largest absolute Gasteiger partial charge is 0.464 e. The lowest BCUT2D eigenvalue weighted by Crippen LogP contribution is -2.08. The monoisotopic (exact) mass is 264 g/mol. The lowest BCUT2D eigenvalue weighted by atomic mass is 10.1. The first-order chi connectivity index (χ1) is 8.56. The van der Waals surface area contributed by atoms with Gasteiger partial charge >= 0.3 is 5.97 Å². The van der Waals surface area contributed by atoms with Gasteiger partial charge < -0.3 is 9.15 Å². The van der Waals surface area contributed by atoms with Crippen LogP contribution in [-0.4, -0.2) is 12.6 Å². The maximum absolute atomic E-state index is 11.6. The normalized spacial score (nSPS) is 10.6. The quantitative estimate of drug-likeness (QED) is 0.793. The maximum Gasteiger partial charge on any atom is 0.310 e. The molecule has 0 saturated carbocycles. The average Bonchev–Trinajstić information content (AvgIpc) is 2.69. The standard InChI is InChI=1S/C14H13ClO3/c1-9-3-4-12-11(8-17-13(12)5-9)6-14(16)18-7-10(2)15/h3-5,8H,2,6-7H2,1H3. The van der Waals surface area contributed by atoms with E-state index in [-0.39, 0.29) is 19.0 Å². The van der Waals surface area contributed by atoms with Crippen molar-refractivity contribution < 1.29 is 13.9 Å². The topological polar surface area (TPSA) is 39.4 Å². The van der Waals surface area contributed by atoms with Gasteiger partial charge in [-0.1, -0.05) is 30.3 Å². The molecular formula is C14H13ClO3. The highest BCUT2D eigenvalue weighted by atomic mass is 35.5. The van der Waals surface area contributed by atoms with Crippen LogP contribution in [0.15, 0.2) is 40.5 Å². The van der Waals surface area contributed by atoms with Crippen molar-refractivity contribution in [1.82, 2.24) is 0 Å². The van der Waals surface area contributed by atoms with E-state index in [9.17, 15) is 4.79 Å². The maximum atomic E-state index is 11.6. The third-order valence-electron chi connectivity index (χ3n) is 2.54. The van der Waals surface area contributed by atoms with E-state index < -0.39 is 0 Å². The van der Waals surface area contributed by atoms with Gasteiger partial charge in [-0.15, -0.1) is 0 Å². The van der Waals surface area contributed by atoms with Gasteiger partial charge in [0.05, 0.1) is 12.7 Å².